The predicted octanol–water partition coefficient (Wildman–Crippen LogP) is 2.76. The fraction of sp³-hybridized carbons (Fsp3) is 0.500. The lowest BCUT2D eigenvalue weighted by Gasteiger charge is -2.01. The Bertz CT molecular complexity index is 474. The summed E-state index contributed by atoms with van der Waals surface area (Å²) >= 11 is 5.48. The molecule has 1 aromatic heterocycles. The van der Waals surface area contributed by atoms with Crippen LogP contribution in [0.5, 0.6) is 0 Å². The Morgan fingerprint density at radius 2 is 2.18 bits per heavy atom. The minimum atomic E-state index is -0.152. The molecule has 1 amide bonds. The number of anilines is 1. The van der Waals surface area contributed by atoms with Crippen LogP contribution >= 0.6 is 24.0 Å². The van der Waals surface area contributed by atoms with Crippen molar-refractivity contribution in [2.75, 3.05) is 11.1 Å². The molecule has 0 radical (unpaired) electrons. The first-order valence-electron chi connectivity index (χ1n) is 5.71. The lowest BCUT2D eigenvalue weighted by Crippen LogP contribution is -2.12. The maximum atomic E-state index is 11.3. The molecule has 1 aromatic rings. The van der Waals surface area contributed by atoms with Crippen LogP contribution in [0.25, 0.3) is 0 Å². The highest BCUT2D eigenvalue weighted by Crippen LogP contribution is 2.36. The number of thiophene rings is 1. The van der Waals surface area contributed by atoms with Gasteiger partial charge in [-0.3, -0.25) is 4.79 Å². The van der Waals surface area contributed by atoms with Crippen molar-refractivity contribution in [1.29, 1.82) is 5.26 Å². The summed E-state index contributed by atoms with van der Waals surface area (Å²) in [4.78, 5) is 12.6. The van der Waals surface area contributed by atoms with Crippen LogP contribution in [0.1, 0.15) is 35.3 Å². The van der Waals surface area contributed by atoms with Gasteiger partial charge >= 0.3 is 0 Å². The Labute approximate surface area is 110 Å². The van der Waals surface area contributed by atoms with Crippen molar-refractivity contribution in [3.05, 3.63) is 16.0 Å². The number of hydrogen-bond donors (Lipinski definition) is 2. The van der Waals surface area contributed by atoms with Gasteiger partial charge in [0.05, 0.1) is 11.3 Å². The van der Waals surface area contributed by atoms with Gasteiger partial charge in [0.2, 0.25) is 5.91 Å². The predicted molar refractivity (Wildman–Crippen MR) is 72.8 cm³/mol. The number of nitrogens with one attached hydrogen (secondary N) is 1. The zero-order valence-corrected chi connectivity index (χ0v) is 11.2. The lowest BCUT2D eigenvalue weighted by atomic mass is 10.1. The smallest absolute Gasteiger partial charge is 0.234 e. The van der Waals surface area contributed by atoms with Gasteiger partial charge in [0.1, 0.15) is 11.1 Å². The fourth-order valence-corrected chi connectivity index (χ4v) is 3.45. The largest absolute Gasteiger partial charge is 0.316 e. The topological polar surface area (TPSA) is 52.9 Å². The van der Waals surface area contributed by atoms with Gasteiger partial charge < -0.3 is 5.32 Å². The summed E-state index contributed by atoms with van der Waals surface area (Å²) in [6.07, 6.45) is 5.54. The van der Waals surface area contributed by atoms with E-state index in [1.165, 1.54) is 17.7 Å². The molecule has 0 spiro atoms. The number of fused-ring (bicyclic) bond motifs is 1. The van der Waals surface area contributed by atoms with Crippen molar-refractivity contribution >= 4 is 34.9 Å². The van der Waals surface area contributed by atoms with Gasteiger partial charge in [0.15, 0.2) is 0 Å². The molecule has 0 saturated carbocycles. The van der Waals surface area contributed by atoms with Gasteiger partial charge in [0.25, 0.3) is 0 Å². The number of amides is 1. The minimum Gasteiger partial charge on any atom is -0.316 e. The maximum absolute atomic E-state index is 11.3. The lowest BCUT2D eigenvalue weighted by molar-refractivity contribution is -0.113. The average Bonchev–Trinajstić information content (AvgIpc) is 2.50. The molecule has 0 bridgehead atoms. The maximum Gasteiger partial charge on any atom is 0.234 e. The molecule has 3 nitrogen and oxygen atoms in total. The number of carbonyl (C=O) groups excluding carboxylic acids is 1. The summed E-state index contributed by atoms with van der Waals surface area (Å²) in [5.74, 6) is -0.00536. The monoisotopic (exact) mass is 266 g/mol. The van der Waals surface area contributed by atoms with Crippen LogP contribution in [0, 0.1) is 11.3 Å². The highest BCUT2D eigenvalue weighted by atomic mass is 32.1. The summed E-state index contributed by atoms with van der Waals surface area (Å²) in [5, 5.41) is 12.7. The van der Waals surface area contributed by atoms with Crippen molar-refractivity contribution in [1.82, 2.24) is 0 Å². The first-order chi connectivity index (χ1) is 8.26. The van der Waals surface area contributed by atoms with E-state index in [1.807, 2.05) is 0 Å². The van der Waals surface area contributed by atoms with E-state index in [9.17, 15) is 10.1 Å². The Morgan fingerprint density at radius 3 is 2.88 bits per heavy atom. The second-order valence-corrected chi connectivity index (χ2v) is 5.51. The summed E-state index contributed by atoms with van der Waals surface area (Å²) < 4.78 is 0. The van der Waals surface area contributed by atoms with Crippen molar-refractivity contribution in [2.45, 2.75) is 32.1 Å². The Morgan fingerprint density at radius 1 is 1.41 bits per heavy atom. The van der Waals surface area contributed by atoms with Crippen molar-refractivity contribution in [3.8, 4) is 6.07 Å². The van der Waals surface area contributed by atoms with Crippen LogP contribution in [-0.2, 0) is 17.6 Å². The summed E-state index contributed by atoms with van der Waals surface area (Å²) in [6, 6.07) is 2.23. The van der Waals surface area contributed by atoms with Crippen LogP contribution in [0.2, 0.25) is 0 Å². The van der Waals surface area contributed by atoms with Crippen LogP contribution in [0.4, 0.5) is 5.00 Å². The molecule has 1 aliphatic rings. The van der Waals surface area contributed by atoms with E-state index in [2.05, 4.69) is 24.0 Å². The number of carbonyl (C=O) groups is 1. The average molecular weight is 266 g/mol. The zero-order chi connectivity index (χ0) is 12.3. The van der Waals surface area contributed by atoms with Crippen molar-refractivity contribution in [2.24, 2.45) is 0 Å². The van der Waals surface area contributed by atoms with E-state index in [-0.39, 0.29) is 11.7 Å². The quantitative estimate of drug-likeness (QED) is 0.639. The van der Waals surface area contributed by atoms with Gasteiger partial charge in [-0.05, 0) is 31.2 Å². The molecular weight excluding hydrogens is 252 g/mol. The van der Waals surface area contributed by atoms with Gasteiger partial charge in [-0.15, -0.1) is 11.3 Å². The number of aryl methyl sites for hydroxylation is 1. The summed E-state index contributed by atoms with van der Waals surface area (Å²) in [5.41, 5.74) is 1.83. The number of nitrogens with zero attached hydrogens (tertiary/aromatic N) is 1. The third-order valence-electron chi connectivity index (χ3n) is 2.93. The van der Waals surface area contributed by atoms with Gasteiger partial charge in [-0.25, -0.2) is 0 Å². The molecule has 1 heterocycles. The molecule has 0 aliphatic heterocycles. The van der Waals surface area contributed by atoms with E-state index in [4.69, 9.17) is 0 Å². The molecule has 0 fully saturated rings. The normalized spacial score (nSPS) is 14.6. The molecule has 0 aromatic carbocycles. The molecule has 1 N–H and O–H groups in total. The molecule has 0 atom stereocenters. The number of thiol groups is 1. The van der Waals surface area contributed by atoms with Crippen LogP contribution in [0.15, 0.2) is 0 Å². The third kappa shape index (κ3) is 2.64. The molecule has 17 heavy (non-hydrogen) atoms. The highest BCUT2D eigenvalue weighted by Gasteiger charge is 2.20. The standard InChI is InChI=1S/C12H14N2OS2/c13-6-9-8-4-2-1-3-5-10(8)17-12(9)14-11(15)7-16/h16H,1-5,7H2,(H,14,15). The second kappa shape index (κ2) is 5.56. The van der Waals surface area contributed by atoms with E-state index in [0.29, 0.717) is 10.6 Å². The molecule has 90 valence electrons. The fourth-order valence-electron chi connectivity index (χ4n) is 2.12. The summed E-state index contributed by atoms with van der Waals surface area (Å²) in [7, 11) is 0. The van der Waals surface area contributed by atoms with Crippen LogP contribution < -0.4 is 5.32 Å². The Kier molecular flexibility index (Phi) is 4.08. The highest BCUT2D eigenvalue weighted by molar-refractivity contribution is 7.81. The van der Waals surface area contributed by atoms with E-state index < -0.39 is 0 Å². The molecule has 2 rings (SSSR count). The van der Waals surface area contributed by atoms with E-state index >= 15 is 0 Å². The zero-order valence-electron chi connectivity index (χ0n) is 9.45. The SMILES string of the molecule is N#Cc1c(NC(=O)CS)sc2c1CCCCC2. The first-order valence-corrected chi connectivity index (χ1v) is 7.16. The summed E-state index contributed by atoms with van der Waals surface area (Å²) in [6.45, 7) is 0. The number of nitriles is 1. The second-order valence-electron chi connectivity index (χ2n) is 4.09. The van der Waals surface area contributed by atoms with Gasteiger partial charge in [0, 0.05) is 4.88 Å². The molecule has 1 aliphatic carbocycles. The molecular formula is C12H14N2OS2. The minimum absolute atomic E-state index is 0.146. The van der Waals surface area contributed by atoms with E-state index in [1.54, 1.807) is 11.3 Å². The van der Waals surface area contributed by atoms with Crippen LogP contribution in [0.3, 0.4) is 0 Å². The number of rotatable bonds is 2. The van der Waals surface area contributed by atoms with Crippen LogP contribution in [-0.4, -0.2) is 11.7 Å². The molecule has 0 saturated heterocycles. The third-order valence-corrected chi connectivity index (χ3v) is 4.42. The molecule has 5 heteroatoms. The van der Waals surface area contributed by atoms with Gasteiger partial charge in [-0.1, -0.05) is 6.42 Å². The van der Waals surface area contributed by atoms with E-state index in [0.717, 1.165) is 24.8 Å². The van der Waals surface area contributed by atoms with Crippen molar-refractivity contribution in [3.63, 3.8) is 0 Å². The van der Waals surface area contributed by atoms with Gasteiger partial charge in [-0.2, -0.15) is 17.9 Å². The number of hydrogen-bond acceptors (Lipinski definition) is 4. The first kappa shape index (κ1) is 12.5. The Hall–Kier alpha value is -0.990. The Balaban J connectivity index is 2.34. The molecule has 0 unspecified atom stereocenters. The van der Waals surface area contributed by atoms with Crippen molar-refractivity contribution < 1.29 is 4.79 Å².